The number of nitrogens with one attached hydrogen (secondary N) is 1. The zero-order valence-corrected chi connectivity index (χ0v) is 23.2. The van der Waals surface area contributed by atoms with Gasteiger partial charge in [0.05, 0.1) is 5.69 Å². The minimum Gasteiger partial charge on any atom is -0.598 e. The Hall–Kier alpha value is -2.21. The highest BCUT2D eigenvalue weighted by molar-refractivity contribution is 7.90. The van der Waals surface area contributed by atoms with Crippen LogP contribution < -0.4 is 4.72 Å². The van der Waals surface area contributed by atoms with Crippen molar-refractivity contribution in [1.82, 2.24) is 9.71 Å². The fourth-order valence-electron chi connectivity index (χ4n) is 3.80. The first-order valence-corrected chi connectivity index (χ1v) is 13.9. The highest BCUT2D eigenvalue weighted by Gasteiger charge is 2.51. The van der Waals surface area contributed by atoms with Crippen molar-refractivity contribution in [3.05, 3.63) is 87.6 Å². The number of nitrogens with zero attached hydrogens (tertiary/aromatic N) is 1. The van der Waals surface area contributed by atoms with Crippen LogP contribution in [0.25, 0.3) is 21.3 Å². The van der Waals surface area contributed by atoms with Crippen LogP contribution in [0.2, 0.25) is 5.02 Å². The van der Waals surface area contributed by atoms with Gasteiger partial charge in [0.2, 0.25) is 0 Å². The molecule has 0 bridgehead atoms. The number of hydrogen-bond donors (Lipinski definition) is 2. The first kappa shape index (κ1) is 28.8. The summed E-state index contributed by atoms with van der Waals surface area (Å²) in [7, 11) is 0. The lowest BCUT2D eigenvalue weighted by atomic mass is 9.94. The predicted octanol–water partition coefficient (Wildman–Crippen LogP) is 7.67. The van der Waals surface area contributed by atoms with Crippen LogP contribution in [0.4, 0.5) is 17.6 Å². The van der Waals surface area contributed by atoms with E-state index >= 15 is 4.39 Å². The van der Waals surface area contributed by atoms with Crippen LogP contribution in [0, 0.1) is 5.82 Å². The lowest BCUT2D eigenvalue weighted by Gasteiger charge is -2.28. The molecule has 38 heavy (non-hydrogen) atoms. The molecule has 2 aromatic carbocycles. The fourth-order valence-corrected chi connectivity index (χ4v) is 6.20. The largest absolute Gasteiger partial charge is 0.598 e. The van der Waals surface area contributed by atoms with E-state index in [1.807, 2.05) is 6.07 Å². The molecular weight excluding hydrogens is 560 g/mol. The van der Waals surface area contributed by atoms with E-state index < -0.39 is 39.7 Å². The molecule has 0 fully saturated rings. The summed E-state index contributed by atoms with van der Waals surface area (Å²) in [6.45, 7) is 6.05. The molecule has 2 aromatic heterocycles. The molecule has 0 radical (unpaired) electrons. The zero-order chi connectivity index (χ0) is 28.0. The van der Waals surface area contributed by atoms with Gasteiger partial charge in [-0.25, -0.2) is 4.39 Å². The monoisotopic (exact) mass is 584 g/mol. The smallest absolute Gasteiger partial charge is 0.421 e. The maximum absolute atomic E-state index is 15.0. The standard InChI is InChI=1S/C27H25ClF4N2O2S2/c1-25(2,3)38(36)34-23(22-18(28)9-6-10-19(22)29)21-13-15-7-5-8-17(24(15)37-21)20-14-16(11-12-33-20)26(4,35)27(30,31)32/h5-14,23,34-35H,1-4H3/t23?,26?,38-/m0/s1. The van der Waals surface area contributed by atoms with Crippen molar-refractivity contribution in [2.75, 3.05) is 0 Å². The number of rotatable bonds is 6. The number of fused-ring (bicyclic) bond motifs is 1. The Morgan fingerprint density at radius 3 is 2.37 bits per heavy atom. The van der Waals surface area contributed by atoms with Crippen molar-refractivity contribution < 1.29 is 27.2 Å². The zero-order valence-electron chi connectivity index (χ0n) is 20.9. The van der Waals surface area contributed by atoms with E-state index in [9.17, 15) is 22.8 Å². The molecular formula is C27H25ClF4N2O2S2. The Bertz CT molecular complexity index is 1450. The van der Waals surface area contributed by atoms with Crippen LogP contribution in [0.3, 0.4) is 0 Å². The Balaban J connectivity index is 1.86. The first-order chi connectivity index (χ1) is 17.6. The van der Waals surface area contributed by atoms with Gasteiger partial charge in [-0.15, -0.1) is 16.1 Å². The number of aliphatic hydroxyl groups is 1. The Labute approximate surface area is 230 Å². The van der Waals surface area contributed by atoms with Crippen molar-refractivity contribution in [2.45, 2.75) is 50.3 Å². The summed E-state index contributed by atoms with van der Waals surface area (Å²) in [6, 6.07) is 12.8. The fraction of sp³-hybridized carbons (Fsp3) is 0.296. The molecule has 0 aliphatic heterocycles. The third-order valence-corrected chi connectivity index (χ3v) is 9.21. The van der Waals surface area contributed by atoms with Crippen LogP contribution in [0.1, 0.15) is 49.7 Å². The number of aromatic nitrogens is 1. The van der Waals surface area contributed by atoms with E-state index in [4.69, 9.17) is 11.6 Å². The number of halogens is 5. The molecule has 0 aliphatic carbocycles. The highest BCUT2D eigenvalue weighted by atomic mass is 35.5. The Morgan fingerprint density at radius 1 is 1.05 bits per heavy atom. The molecule has 0 amide bonds. The summed E-state index contributed by atoms with van der Waals surface area (Å²) >= 11 is 6.07. The van der Waals surface area contributed by atoms with Crippen LogP contribution in [-0.4, -0.2) is 25.6 Å². The van der Waals surface area contributed by atoms with Crippen molar-refractivity contribution >= 4 is 44.4 Å². The third-order valence-electron chi connectivity index (χ3n) is 6.07. The third kappa shape index (κ3) is 5.57. The number of thiophene rings is 1. The molecule has 0 aliphatic rings. The van der Waals surface area contributed by atoms with Gasteiger partial charge in [-0.2, -0.15) is 13.2 Å². The minimum absolute atomic E-state index is 0.140. The molecule has 202 valence electrons. The Morgan fingerprint density at radius 2 is 1.74 bits per heavy atom. The normalized spacial score (nSPS) is 15.9. The number of pyridine rings is 1. The second kappa shape index (κ2) is 10.4. The van der Waals surface area contributed by atoms with E-state index in [0.717, 1.165) is 11.5 Å². The van der Waals surface area contributed by atoms with Gasteiger partial charge < -0.3 is 9.66 Å². The molecule has 0 spiro atoms. The molecule has 2 N–H and O–H groups in total. The topological polar surface area (TPSA) is 68.2 Å². The lowest BCUT2D eigenvalue weighted by molar-refractivity contribution is -0.258. The van der Waals surface area contributed by atoms with Crippen molar-refractivity contribution in [1.29, 1.82) is 0 Å². The maximum Gasteiger partial charge on any atom is 0.421 e. The van der Waals surface area contributed by atoms with Gasteiger partial charge in [0, 0.05) is 43.3 Å². The maximum atomic E-state index is 15.0. The van der Waals surface area contributed by atoms with E-state index in [0.29, 0.717) is 22.1 Å². The van der Waals surface area contributed by atoms with Crippen molar-refractivity contribution in [2.24, 2.45) is 0 Å². The van der Waals surface area contributed by atoms with Gasteiger partial charge in [0.15, 0.2) is 5.60 Å². The van der Waals surface area contributed by atoms with Crippen LogP contribution in [-0.2, 0) is 17.0 Å². The van der Waals surface area contributed by atoms with Gasteiger partial charge >= 0.3 is 6.18 Å². The molecule has 2 unspecified atom stereocenters. The number of hydrogen-bond acceptors (Lipinski definition) is 5. The van der Waals surface area contributed by atoms with Crippen LogP contribution in [0.5, 0.6) is 0 Å². The molecule has 0 saturated carbocycles. The average molecular weight is 585 g/mol. The van der Waals surface area contributed by atoms with Crippen LogP contribution >= 0.6 is 22.9 Å². The molecule has 0 saturated heterocycles. The molecule has 11 heteroatoms. The summed E-state index contributed by atoms with van der Waals surface area (Å²) in [5.41, 5.74) is -2.50. The SMILES string of the molecule is CC(C)(C)[S@+]([O-])NC(c1cc2cccc(-c3cc(C(C)(O)C(F)(F)F)ccn3)c2s1)c1c(F)cccc1Cl. The molecule has 4 rings (SSSR count). The van der Waals surface area contributed by atoms with E-state index in [-0.39, 0.29) is 21.8 Å². The highest BCUT2D eigenvalue weighted by Crippen LogP contribution is 2.43. The minimum atomic E-state index is -4.88. The second-order valence-corrected chi connectivity index (χ2v) is 13.4. The summed E-state index contributed by atoms with van der Waals surface area (Å²) in [5.74, 6) is -0.567. The molecule has 2 heterocycles. The quantitative estimate of drug-likeness (QED) is 0.180. The van der Waals surface area contributed by atoms with Crippen molar-refractivity contribution in [3.8, 4) is 11.3 Å². The van der Waals surface area contributed by atoms with Gasteiger partial charge in [0.25, 0.3) is 0 Å². The van der Waals surface area contributed by atoms with E-state index in [2.05, 4.69) is 9.71 Å². The molecule has 4 aromatic rings. The molecule has 3 atom stereocenters. The number of alkyl halides is 3. The van der Waals surface area contributed by atoms with Crippen LogP contribution in [0.15, 0.2) is 60.8 Å². The summed E-state index contributed by atoms with van der Waals surface area (Å²) in [4.78, 5) is 4.87. The summed E-state index contributed by atoms with van der Waals surface area (Å²) in [6.07, 6.45) is -3.66. The summed E-state index contributed by atoms with van der Waals surface area (Å²) in [5, 5.41) is 11.1. The Kier molecular flexibility index (Phi) is 7.88. The predicted molar refractivity (Wildman–Crippen MR) is 145 cm³/mol. The second-order valence-electron chi connectivity index (χ2n) is 9.94. The first-order valence-electron chi connectivity index (χ1n) is 11.5. The molecule has 4 nitrogen and oxygen atoms in total. The van der Waals surface area contributed by atoms with Gasteiger partial charge in [-0.1, -0.05) is 35.9 Å². The lowest BCUT2D eigenvalue weighted by Crippen LogP contribution is -2.41. The van der Waals surface area contributed by atoms with Gasteiger partial charge in [-0.05, 0) is 69.0 Å². The van der Waals surface area contributed by atoms with Gasteiger partial charge in [0.1, 0.15) is 16.6 Å². The van der Waals surface area contributed by atoms with E-state index in [1.54, 1.807) is 45.0 Å². The average Bonchev–Trinajstić information content (AvgIpc) is 3.26. The number of benzene rings is 2. The van der Waals surface area contributed by atoms with Crippen molar-refractivity contribution in [3.63, 3.8) is 0 Å². The van der Waals surface area contributed by atoms with Gasteiger partial charge in [-0.3, -0.25) is 4.98 Å². The summed E-state index contributed by atoms with van der Waals surface area (Å²) < 4.78 is 71.6. The van der Waals surface area contributed by atoms with E-state index in [1.165, 1.54) is 35.7 Å².